The minimum absolute atomic E-state index is 0.166. The average molecular weight is 339 g/mol. The molecule has 1 N–H and O–H groups in total. The summed E-state index contributed by atoms with van der Waals surface area (Å²) in [6, 6.07) is 15.4. The van der Waals surface area contributed by atoms with Gasteiger partial charge in [0.2, 0.25) is 10.0 Å². The Kier molecular flexibility index (Phi) is 5.58. The van der Waals surface area contributed by atoms with Crippen molar-refractivity contribution in [2.75, 3.05) is 20.6 Å². The monoisotopic (exact) mass is 338 g/mol. The summed E-state index contributed by atoms with van der Waals surface area (Å²) >= 11 is 5.89. The topological polar surface area (TPSA) is 49.4 Å². The Hall–Kier alpha value is -1.40. The molecule has 2 rings (SSSR count). The maximum absolute atomic E-state index is 12.6. The molecule has 0 aromatic heterocycles. The lowest BCUT2D eigenvalue weighted by atomic mass is 10.1. The molecule has 1 atom stereocenters. The summed E-state index contributed by atoms with van der Waals surface area (Å²) in [7, 11) is 0.176. The Morgan fingerprint density at radius 1 is 1.09 bits per heavy atom. The van der Waals surface area contributed by atoms with Crippen LogP contribution in [0.5, 0.6) is 0 Å². The van der Waals surface area contributed by atoms with Crippen LogP contribution in [-0.2, 0) is 10.0 Å². The highest BCUT2D eigenvalue weighted by atomic mass is 35.5. The van der Waals surface area contributed by atoms with Crippen molar-refractivity contribution in [3.8, 4) is 0 Å². The molecule has 0 bridgehead atoms. The smallest absolute Gasteiger partial charge is 0.241 e. The Balaban J connectivity index is 2.30. The number of rotatable bonds is 6. The third-order valence-corrected chi connectivity index (χ3v) is 4.86. The maximum Gasteiger partial charge on any atom is 0.241 e. The van der Waals surface area contributed by atoms with Crippen molar-refractivity contribution in [3.63, 3.8) is 0 Å². The van der Waals surface area contributed by atoms with Crippen molar-refractivity contribution in [2.45, 2.75) is 10.9 Å². The van der Waals surface area contributed by atoms with E-state index in [1.165, 1.54) is 12.1 Å². The van der Waals surface area contributed by atoms with E-state index in [0.29, 0.717) is 11.6 Å². The number of nitrogens with zero attached hydrogens (tertiary/aromatic N) is 1. The molecular weight excluding hydrogens is 320 g/mol. The van der Waals surface area contributed by atoms with Crippen molar-refractivity contribution in [2.24, 2.45) is 0 Å². The molecule has 0 aliphatic rings. The van der Waals surface area contributed by atoms with Crippen LogP contribution in [0.25, 0.3) is 0 Å². The van der Waals surface area contributed by atoms with Crippen LogP contribution in [0.4, 0.5) is 0 Å². The molecule has 2 aromatic carbocycles. The molecule has 0 spiro atoms. The van der Waals surface area contributed by atoms with E-state index in [4.69, 9.17) is 11.6 Å². The molecule has 118 valence electrons. The molecule has 22 heavy (non-hydrogen) atoms. The van der Waals surface area contributed by atoms with E-state index in [1.54, 1.807) is 12.1 Å². The van der Waals surface area contributed by atoms with Gasteiger partial charge < -0.3 is 4.90 Å². The van der Waals surface area contributed by atoms with Gasteiger partial charge in [0, 0.05) is 11.6 Å². The van der Waals surface area contributed by atoms with Crippen LogP contribution in [0.3, 0.4) is 0 Å². The molecule has 0 saturated carbocycles. The van der Waals surface area contributed by atoms with Crippen LogP contribution in [0.1, 0.15) is 11.6 Å². The van der Waals surface area contributed by atoms with Crippen molar-refractivity contribution >= 4 is 21.6 Å². The van der Waals surface area contributed by atoms with Gasteiger partial charge in [0.25, 0.3) is 0 Å². The number of nitrogens with one attached hydrogen (secondary N) is 1. The molecule has 0 saturated heterocycles. The largest absolute Gasteiger partial charge is 0.307 e. The fourth-order valence-electron chi connectivity index (χ4n) is 2.15. The Labute approximate surface area is 136 Å². The third kappa shape index (κ3) is 4.55. The second-order valence-corrected chi connectivity index (χ2v) is 7.45. The highest BCUT2D eigenvalue weighted by molar-refractivity contribution is 7.89. The highest BCUT2D eigenvalue weighted by Crippen LogP contribution is 2.20. The first-order chi connectivity index (χ1) is 10.4. The van der Waals surface area contributed by atoms with E-state index in [1.807, 2.05) is 49.3 Å². The maximum atomic E-state index is 12.6. The molecule has 2 aromatic rings. The molecular formula is C16H19ClN2O2S. The van der Waals surface area contributed by atoms with Crippen LogP contribution < -0.4 is 4.72 Å². The molecule has 0 amide bonds. The van der Waals surface area contributed by atoms with Gasteiger partial charge in [0.15, 0.2) is 0 Å². The van der Waals surface area contributed by atoms with Crippen LogP contribution in [0.15, 0.2) is 59.5 Å². The summed E-state index contributed by atoms with van der Waals surface area (Å²) in [6.45, 7) is 0.559. The highest BCUT2D eigenvalue weighted by Gasteiger charge is 2.22. The molecule has 0 unspecified atom stereocenters. The molecule has 0 aliphatic carbocycles. The SMILES string of the molecule is CN(C)C[C@H](NS(=O)(=O)c1cccc(Cl)c1)c1ccccc1. The van der Waals surface area contributed by atoms with Crippen molar-refractivity contribution in [3.05, 3.63) is 65.2 Å². The minimum atomic E-state index is -3.64. The second-order valence-electron chi connectivity index (χ2n) is 5.30. The van der Waals surface area contributed by atoms with Gasteiger partial charge in [-0.25, -0.2) is 13.1 Å². The number of hydrogen-bond donors (Lipinski definition) is 1. The Bertz CT molecular complexity index is 718. The van der Waals surface area contributed by atoms with Crippen molar-refractivity contribution in [1.29, 1.82) is 0 Å². The van der Waals surface area contributed by atoms with Crippen LogP contribution in [0, 0.1) is 0 Å². The fourth-order valence-corrected chi connectivity index (χ4v) is 3.67. The summed E-state index contributed by atoms with van der Waals surface area (Å²) in [5.41, 5.74) is 0.918. The molecule has 0 fully saturated rings. The first-order valence-corrected chi connectivity index (χ1v) is 8.72. The minimum Gasteiger partial charge on any atom is -0.307 e. The number of benzene rings is 2. The van der Waals surface area contributed by atoms with Crippen LogP contribution in [-0.4, -0.2) is 34.0 Å². The molecule has 0 radical (unpaired) electrons. The van der Waals surface area contributed by atoms with E-state index < -0.39 is 10.0 Å². The lowest BCUT2D eigenvalue weighted by Gasteiger charge is -2.22. The van der Waals surface area contributed by atoms with E-state index >= 15 is 0 Å². The summed E-state index contributed by atoms with van der Waals surface area (Å²) in [4.78, 5) is 2.11. The fraction of sp³-hybridized carbons (Fsp3) is 0.250. The summed E-state index contributed by atoms with van der Waals surface area (Å²) in [6.07, 6.45) is 0. The second kappa shape index (κ2) is 7.24. The van der Waals surface area contributed by atoms with Crippen molar-refractivity contribution in [1.82, 2.24) is 9.62 Å². The summed E-state index contributed by atoms with van der Waals surface area (Å²) in [5, 5.41) is 0.395. The van der Waals surface area contributed by atoms with Crippen LogP contribution in [0.2, 0.25) is 5.02 Å². The molecule has 0 heterocycles. The van der Waals surface area contributed by atoms with Gasteiger partial charge in [-0.05, 0) is 37.9 Å². The third-order valence-electron chi connectivity index (χ3n) is 3.15. The predicted octanol–water partition coefficient (Wildman–Crippen LogP) is 2.92. The number of likely N-dealkylation sites (N-methyl/N-ethyl adjacent to an activating group) is 1. The first kappa shape index (κ1) is 17.0. The lowest BCUT2D eigenvalue weighted by molar-refractivity contribution is 0.363. The Morgan fingerprint density at radius 2 is 1.77 bits per heavy atom. The van der Waals surface area contributed by atoms with Gasteiger partial charge in [-0.15, -0.1) is 0 Å². The predicted molar refractivity (Wildman–Crippen MR) is 89.5 cm³/mol. The summed E-state index contributed by atoms with van der Waals surface area (Å²) < 4.78 is 27.9. The molecule has 6 heteroatoms. The lowest BCUT2D eigenvalue weighted by Crippen LogP contribution is -2.35. The van der Waals surface area contributed by atoms with E-state index in [9.17, 15) is 8.42 Å². The van der Waals surface area contributed by atoms with Gasteiger partial charge in [0.1, 0.15) is 0 Å². The van der Waals surface area contributed by atoms with Crippen molar-refractivity contribution < 1.29 is 8.42 Å². The molecule has 0 aliphatic heterocycles. The van der Waals surface area contributed by atoms with Crippen LogP contribution >= 0.6 is 11.6 Å². The standard InChI is InChI=1S/C16H19ClN2O2S/c1-19(2)12-16(13-7-4-3-5-8-13)18-22(20,21)15-10-6-9-14(17)11-15/h3-11,16,18H,12H2,1-2H3/t16-/m0/s1. The summed E-state index contributed by atoms with van der Waals surface area (Å²) in [5.74, 6) is 0. The van der Waals surface area contributed by atoms with Gasteiger partial charge in [0.05, 0.1) is 10.9 Å². The zero-order valence-corrected chi connectivity index (χ0v) is 14.1. The van der Waals surface area contributed by atoms with E-state index in [0.717, 1.165) is 5.56 Å². The van der Waals surface area contributed by atoms with E-state index in [2.05, 4.69) is 4.72 Å². The van der Waals surface area contributed by atoms with Gasteiger partial charge in [-0.1, -0.05) is 48.0 Å². The number of sulfonamides is 1. The number of hydrogen-bond acceptors (Lipinski definition) is 3. The van der Waals surface area contributed by atoms with Gasteiger partial charge in [-0.3, -0.25) is 0 Å². The van der Waals surface area contributed by atoms with Gasteiger partial charge >= 0.3 is 0 Å². The van der Waals surface area contributed by atoms with Gasteiger partial charge in [-0.2, -0.15) is 0 Å². The normalized spacial score (nSPS) is 13.3. The quantitative estimate of drug-likeness (QED) is 0.881. The first-order valence-electron chi connectivity index (χ1n) is 6.86. The zero-order chi connectivity index (χ0) is 16.2. The Morgan fingerprint density at radius 3 is 2.36 bits per heavy atom. The number of halogens is 1. The average Bonchev–Trinajstić information content (AvgIpc) is 2.47. The molecule has 4 nitrogen and oxygen atoms in total. The zero-order valence-electron chi connectivity index (χ0n) is 12.5. The van der Waals surface area contributed by atoms with E-state index in [-0.39, 0.29) is 10.9 Å².